The standard InChI is InChI=1S/C15H24ClN3O/c1-12(13-7-4-5-8-14(13)16)18-15(20)11-19(3)10-6-9-17-2/h4-5,7-8,12,17H,6,9-11H2,1-3H3,(H,18,20). The summed E-state index contributed by atoms with van der Waals surface area (Å²) in [7, 11) is 3.88. The van der Waals surface area contributed by atoms with Gasteiger partial charge < -0.3 is 10.6 Å². The molecule has 1 aromatic carbocycles. The van der Waals surface area contributed by atoms with Gasteiger partial charge in [-0.25, -0.2) is 0 Å². The lowest BCUT2D eigenvalue weighted by Gasteiger charge is -2.19. The lowest BCUT2D eigenvalue weighted by Crippen LogP contribution is -2.37. The van der Waals surface area contributed by atoms with Crippen LogP contribution < -0.4 is 10.6 Å². The number of nitrogens with one attached hydrogen (secondary N) is 2. The van der Waals surface area contributed by atoms with Crippen LogP contribution in [0.5, 0.6) is 0 Å². The highest BCUT2D eigenvalue weighted by molar-refractivity contribution is 6.31. The van der Waals surface area contributed by atoms with Crippen LogP contribution in [-0.4, -0.2) is 44.5 Å². The van der Waals surface area contributed by atoms with Gasteiger partial charge in [-0.15, -0.1) is 0 Å². The number of benzene rings is 1. The number of carbonyl (C=O) groups is 1. The minimum Gasteiger partial charge on any atom is -0.348 e. The summed E-state index contributed by atoms with van der Waals surface area (Å²) < 4.78 is 0. The maximum atomic E-state index is 12.0. The van der Waals surface area contributed by atoms with E-state index in [0.717, 1.165) is 25.1 Å². The van der Waals surface area contributed by atoms with Gasteiger partial charge in [0, 0.05) is 5.02 Å². The van der Waals surface area contributed by atoms with Crippen LogP contribution in [0.25, 0.3) is 0 Å². The Morgan fingerprint density at radius 2 is 2.10 bits per heavy atom. The molecule has 1 unspecified atom stereocenters. The van der Waals surface area contributed by atoms with E-state index in [1.165, 1.54) is 0 Å². The van der Waals surface area contributed by atoms with Crippen molar-refractivity contribution in [3.05, 3.63) is 34.9 Å². The fraction of sp³-hybridized carbons (Fsp3) is 0.533. The molecule has 0 spiro atoms. The zero-order valence-electron chi connectivity index (χ0n) is 12.4. The number of halogens is 1. The molecule has 112 valence electrons. The molecule has 0 aliphatic rings. The van der Waals surface area contributed by atoms with Gasteiger partial charge in [-0.3, -0.25) is 9.69 Å². The third kappa shape index (κ3) is 5.90. The topological polar surface area (TPSA) is 44.4 Å². The zero-order valence-corrected chi connectivity index (χ0v) is 13.2. The maximum absolute atomic E-state index is 12.0. The van der Waals surface area contributed by atoms with E-state index in [1.807, 2.05) is 50.2 Å². The van der Waals surface area contributed by atoms with Gasteiger partial charge in [0.2, 0.25) is 5.91 Å². The molecule has 0 aliphatic heterocycles. The summed E-state index contributed by atoms with van der Waals surface area (Å²) in [5, 5.41) is 6.76. The molecule has 0 radical (unpaired) electrons. The molecular formula is C15H24ClN3O. The Labute approximate surface area is 126 Å². The molecule has 0 saturated heterocycles. The minimum absolute atomic E-state index is 0.0179. The molecule has 0 bridgehead atoms. The van der Waals surface area contributed by atoms with Crippen molar-refractivity contribution in [3.63, 3.8) is 0 Å². The van der Waals surface area contributed by atoms with Crippen molar-refractivity contribution >= 4 is 17.5 Å². The fourth-order valence-electron chi connectivity index (χ4n) is 2.04. The number of hydrogen-bond acceptors (Lipinski definition) is 3. The highest BCUT2D eigenvalue weighted by Crippen LogP contribution is 2.21. The van der Waals surface area contributed by atoms with Crippen LogP contribution >= 0.6 is 11.6 Å². The first-order valence-electron chi connectivity index (χ1n) is 6.91. The van der Waals surface area contributed by atoms with Crippen molar-refractivity contribution in [3.8, 4) is 0 Å². The van der Waals surface area contributed by atoms with Crippen LogP contribution in [-0.2, 0) is 4.79 Å². The van der Waals surface area contributed by atoms with Gasteiger partial charge in [0.15, 0.2) is 0 Å². The van der Waals surface area contributed by atoms with Gasteiger partial charge in [-0.2, -0.15) is 0 Å². The monoisotopic (exact) mass is 297 g/mol. The van der Waals surface area contributed by atoms with Crippen molar-refractivity contribution < 1.29 is 4.79 Å². The first-order valence-corrected chi connectivity index (χ1v) is 7.29. The Balaban J connectivity index is 2.40. The van der Waals surface area contributed by atoms with Gasteiger partial charge in [-0.05, 0) is 52.2 Å². The lowest BCUT2D eigenvalue weighted by molar-refractivity contribution is -0.122. The van der Waals surface area contributed by atoms with E-state index >= 15 is 0 Å². The normalized spacial score (nSPS) is 12.4. The smallest absolute Gasteiger partial charge is 0.234 e. The van der Waals surface area contributed by atoms with Crippen molar-refractivity contribution in [2.75, 3.05) is 33.7 Å². The first-order chi connectivity index (χ1) is 9.54. The van der Waals surface area contributed by atoms with Gasteiger partial charge in [0.1, 0.15) is 0 Å². The Hall–Kier alpha value is -1.10. The molecule has 2 N–H and O–H groups in total. The quantitative estimate of drug-likeness (QED) is 0.722. The third-order valence-electron chi connectivity index (χ3n) is 3.13. The highest BCUT2D eigenvalue weighted by Gasteiger charge is 2.13. The van der Waals surface area contributed by atoms with E-state index in [0.29, 0.717) is 11.6 Å². The summed E-state index contributed by atoms with van der Waals surface area (Å²) in [6.45, 7) is 4.20. The Bertz CT molecular complexity index is 425. The van der Waals surface area contributed by atoms with Crippen molar-refractivity contribution in [2.45, 2.75) is 19.4 Å². The predicted octanol–water partition coefficient (Wildman–Crippen LogP) is 2.06. The molecular weight excluding hydrogens is 274 g/mol. The van der Waals surface area contributed by atoms with Crippen LogP contribution in [0.3, 0.4) is 0 Å². The molecule has 0 saturated carbocycles. The van der Waals surface area contributed by atoms with Gasteiger partial charge in [-0.1, -0.05) is 29.8 Å². The molecule has 1 aromatic rings. The third-order valence-corrected chi connectivity index (χ3v) is 3.47. The van der Waals surface area contributed by atoms with Crippen molar-refractivity contribution in [1.82, 2.24) is 15.5 Å². The number of carbonyl (C=O) groups excluding carboxylic acids is 1. The summed E-state index contributed by atoms with van der Waals surface area (Å²) in [5.41, 5.74) is 0.945. The molecule has 0 heterocycles. The van der Waals surface area contributed by atoms with Crippen molar-refractivity contribution in [1.29, 1.82) is 0 Å². The van der Waals surface area contributed by atoms with Gasteiger partial charge in [0.25, 0.3) is 0 Å². The molecule has 5 heteroatoms. The summed E-state index contributed by atoms with van der Waals surface area (Å²) in [6.07, 6.45) is 1.03. The number of likely N-dealkylation sites (N-methyl/N-ethyl adjacent to an activating group) is 1. The molecule has 0 fully saturated rings. The molecule has 1 atom stereocenters. The number of rotatable bonds is 8. The first kappa shape index (κ1) is 17.0. The highest BCUT2D eigenvalue weighted by atomic mass is 35.5. The summed E-state index contributed by atoms with van der Waals surface area (Å²) >= 11 is 6.12. The summed E-state index contributed by atoms with van der Waals surface area (Å²) in [6, 6.07) is 7.50. The van der Waals surface area contributed by atoms with E-state index in [9.17, 15) is 4.79 Å². The molecule has 4 nitrogen and oxygen atoms in total. The molecule has 20 heavy (non-hydrogen) atoms. The summed E-state index contributed by atoms with van der Waals surface area (Å²) in [5.74, 6) is 0.0179. The second kappa shape index (κ2) is 8.95. The number of hydrogen-bond donors (Lipinski definition) is 2. The number of amides is 1. The Kier molecular flexibility index (Phi) is 7.59. The Morgan fingerprint density at radius 3 is 2.75 bits per heavy atom. The van der Waals surface area contributed by atoms with E-state index in [4.69, 9.17) is 11.6 Å². The molecule has 0 aliphatic carbocycles. The Morgan fingerprint density at radius 1 is 1.40 bits per heavy atom. The second-order valence-electron chi connectivity index (χ2n) is 5.01. The summed E-state index contributed by atoms with van der Waals surface area (Å²) in [4.78, 5) is 14.0. The predicted molar refractivity (Wildman–Crippen MR) is 84.1 cm³/mol. The minimum atomic E-state index is -0.0816. The van der Waals surface area contributed by atoms with E-state index in [-0.39, 0.29) is 11.9 Å². The van der Waals surface area contributed by atoms with E-state index < -0.39 is 0 Å². The SMILES string of the molecule is CNCCCN(C)CC(=O)NC(C)c1ccccc1Cl. The zero-order chi connectivity index (χ0) is 15.0. The van der Waals surface area contributed by atoms with Gasteiger partial charge in [0.05, 0.1) is 12.6 Å². The maximum Gasteiger partial charge on any atom is 0.234 e. The molecule has 1 amide bonds. The molecule has 0 aromatic heterocycles. The van der Waals surface area contributed by atoms with Crippen LogP contribution in [0.1, 0.15) is 24.9 Å². The lowest BCUT2D eigenvalue weighted by atomic mass is 10.1. The van der Waals surface area contributed by atoms with E-state index in [2.05, 4.69) is 10.6 Å². The van der Waals surface area contributed by atoms with Gasteiger partial charge >= 0.3 is 0 Å². The van der Waals surface area contributed by atoms with Crippen LogP contribution in [0.15, 0.2) is 24.3 Å². The van der Waals surface area contributed by atoms with E-state index in [1.54, 1.807) is 0 Å². The fourth-order valence-corrected chi connectivity index (χ4v) is 2.34. The largest absolute Gasteiger partial charge is 0.348 e. The average Bonchev–Trinajstić information content (AvgIpc) is 2.39. The molecule has 1 rings (SSSR count). The average molecular weight is 298 g/mol. The van der Waals surface area contributed by atoms with Crippen LogP contribution in [0, 0.1) is 0 Å². The van der Waals surface area contributed by atoms with Crippen LogP contribution in [0.2, 0.25) is 5.02 Å². The van der Waals surface area contributed by atoms with Crippen molar-refractivity contribution in [2.24, 2.45) is 0 Å². The van der Waals surface area contributed by atoms with Crippen LogP contribution in [0.4, 0.5) is 0 Å². The number of nitrogens with zero attached hydrogens (tertiary/aromatic N) is 1. The second-order valence-corrected chi connectivity index (χ2v) is 5.41.